The predicted molar refractivity (Wildman–Crippen MR) is 179 cm³/mol. The summed E-state index contributed by atoms with van der Waals surface area (Å²) in [5, 5.41) is 21.6. The van der Waals surface area contributed by atoms with Crippen LogP contribution < -0.4 is 0 Å². The van der Waals surface area contributed by atoms with E-state index < -0.39 is 12.1 Å². The van der Waals surface area contributed by atoms with Crippen LogP contribution >= 0.6 is 23.4 Å². The Morgan fingerprint density at radius 2 is 1.83 bits per heavy atom. The number of thioether (sulfide) groups is 1. The van der Waals surface area contributed by atoms with E-state index in [0.717, 1.165) is 52.7 Å². The quantitative estimate of drug-likeness (QED) is 0.120. The molecule has 2 N–H and O–H groups in total. The number of carboxylic acid groups (broad SMARTS) is 1. The van der Waals surface area contributed by atoms with Crippen molar-refractivity contribution in [1.82, 2.24) is 4.98 Å². The number of aliphatic hydroxyl groups excluding tert-OH is 1. The van der Waals surface area contributed by atoms with Crippen molar-refractivity contribution in [2.45, 2.75) is 44.6 Å². The average Bonchev–Trinajstić information content (AvgIpc) is 3.79. The van der Waals surface area contributed by atoms with Crippen LogP contribution in [-0.4, -0.2) is 68.3 Å². The Labute approximate surface area is 279 Å². The van der Waals surface area contributed by atoms with Gasteiger partial charge in [-0.15, -0.1) is 0 Å². The molecule has 1 aliphatic carbocycles. The number of pyridine rings is 1. The van der Waals surface area contributed by atoms with Crippen LogP contribution in [0.2, 0.25) is 5.02 Å². The summed E-state index contributed by atoms with van der Waals surface area (Å²) in [6, 6.07) is 26.8. The van der Waals surface area contributed by atoms with Crippen LogP contribution in [0.15, 0.2) is 78.9 Å². The standard InChI is InChI=1S/C35H36ClNO3S.Na.H/c1-23(38)19-27-6-2-3-8-31(27)32(17-18-41-22-33(35(39)40)25-10-11-25)28-7-4-5-24(20-28)9-15-30-16-13-26-12-14-29(36)21-34(26)37-30;;/h2-9,12-16,20-21,23,25,32-33,38H,10-11,17-19,22H2,1H3,(H,39,40);;. The SMILES string of the molecule is CC(O)Cc1ccccc1C(CCSCC(C(=O)O)C1CC1)c1cccc(C=Cc2ccc3ccc(Cl)cc3n2)c1.[NaH]. The zero-order valence-corrected chi connectivity index (χ0v) is 24.8. The first-order chi connectivity index (χ1) is 19.9. The Balaban J connectivity index is 0.00000405. The molecule has 7 heteroatoms. The van der Waals surface area contributed by atoms with Gasteiger partial charge in [0.25, 0.3) is 0 Å². The molecular weight excluding hydrogens is 573 g/mol. The van der Waals surface area contributed by atoms with Gasteiger partial charge >= 0.3 is 35.5 Å². The molecule has 1 saturated carbocycles. The summed E-state index contributed by atoms with van der Waals surface area (Å²) in [4.78, 5) is 16.5. The molecule has 3 atom stereocenters. The van der Waals surface area contributed by atoms with Gasteiger partial charge in [-0.2, -0.15) is 11.8 Å². The first-order valence-electron chi connectivity index (χ1n) is 14.3. The van der Waals surface area contributed by atoms with Gasteiger partial charge in [-0.1, -0.05) is 78.3 Å². The van der Waals surface area contributed by atoms with E-state index in [9.17, 15) is 15.0 Å². The van der Waals surface area contributed by atoms with Crippen LogP contribution in [0.25, 0.3) is 23.1 Å². The number of carbonyl (C=O) groups is 1. The molecule has 1 aliphatic rings. The van der Waals surface area contributed by atoms with Crippen molar-refractivity contribution in [3.63, 3.8) is 0 Å². The number of aromatic nitrogens is 1. The van der Waals surface area contributed by atoms with Gasteiger partial charge in [-0.25, -0.2) is 4.98 Å². The van der Waals surface area contributed by atoms with Crippen LogP contribution in [0.3, 0.4) is 0 Å². The van der Waals surface area contributed by atoms with E-state index in [1.165, 1.54) is 11.1 Å². The first kappa shape index (κ1) is 32.8. The summed E-state index contributed by atoms with van der Waals surface area (Å²) in [6.45, 7) is 1.83. The van der Waals surface area contributed by atoms with Gasteiger partial charge in [0.05, 0.1) is 23.2 Å². The first-order valence-corrected chi connectivity index (χ1v) is 15.8. The number of hydrogen-bond acceptors (Lipinski definition) is 4. The summed E-state index contributed by atoms with van der Waals surface area (Å²) >= 11 is 7.92. The van der Waals surface area contributed by atoms with E-state index in [2.05, 4.69) is 54.6 Å². The molecule has 0 radical (unpaired) electrons. The van der Waals surface area contributed by atoms with Gasteiger partial charge in [0, 0.05) is 22.1 Å². The van der Waals surface area contributed by atoms with E-state index in [1.807, 2.05) is 43.3 Å². The fraction of sp³-hybridized carbons (Fsp3) is 0.314. The summed E-state index contributed by atoms with van der Waals surface area (Å²) in [6.07, 6.45) is 7.24. The van der Waals surface area contributed by atoms with E-state index in [4.69, 9.17) is 16.6 Å². The number of benzene rings is 3. The van der Waals surface area contributed by atoms with Crippen LogP contribution in [-0.2, 0) is 11.2 Å². The topological polar surface area (TPSA) is 70.4 Å². The van der Waals surface area contributed by atoms with Gasteiger partial charge < -0.3 is 10.2 Å². The van der Waals surface area contributed by atoms with E-state index in [-0.39, 0.29) is 41.4 Å². The molecule has 0 aliphatic heterocycles. The van der Waals surface area contributed by atoms with Crippen molar-refractivity contribution in [2.24, 2.45) is 11.8 Å². The number of nitrogens with zero attached hydrogens (tertiary/aromatic N) is 1. The van der Waals surface area contributed by atoms with Gasteiger partial charge in [-0.3, -0.25) is 4.79 Å². The molecular formula is C35H37ClNNaO3S. The van der Waals surface area contributed by atoms with Crippen molar-refractivity contribution < 1.29 is 15.0 Å². The van der Waals surface area contributed by atoms with E-state index >= 15 is 0 Å². The molecule has 4 aromatic rings. The fourth-order valence-corrected chi connectivity index (χ4v) is 6.86. The van der Waals surface area contributed by atoms with Crippen molar-refractivity contribution in [3.8, 4) is 0 Å². The number of halogens is 1. The predicted octanol–water partition coefficient (Wildman–Crippen LogP) is 7.70. The molecule has 0 spiro atoms. The maximum absolute atomic E-state index is 11.7. The fourth-order valence-electron chi connectivity index (χ4n) is 5.46. The average molecular weight is 610 g/mol. The summed E-state index contributed by atoms with van der Waals surface area (Å²) < 4.78 is 0. The number of carboxylic acids is 1. The van der Waals surface area contributed by atoms with Crippen molar-refractivity contribution in [3.05, 3.63) is 112 Å². The normalized spacial score (nSPS) is 15.3. The molecule has 1 fully saturated rings. The zero-order chi connectivity index (χ0) is 28.8. The van der Waals surface area contributed by atoms with Gasteiger partial charge in [0.2, 0.25) is 0 Å². The van der Waals surface area contributed by atoms with Crippen LogP contribution in [0.5, 0.6) is 0 Å². The molecule has 1 aromatic heterocycles. The third kappa shape index (κ3) is 8.95. The second-order valence-corrected chi connectivity index (χ2v) is 12.6. The Kier molecular flexibility index (Phi) is 12.1. The number of aliphatic carboxylic acids is 1. The summed E-state index contributed by atoms with van der Waals surface area (Å²) in [5.41, 5.74) is 6.40. The molecule has 0 saturated heterocycles. The molecule has 42 heavy (non-hydrogen) atoms. The minimum atomic E-state index is -0.665. The third-order valence-corrected chi connectivity index (χ3v) is 9.09. The Hall–Kier alpha value is -2.12. The Morgan fingerprint density at radius 1 is 1.05 bits per heavy atom. The Bertz CT molecular complexity index is 1540. The molecule has 5 rings (SSSR count). The van der Waals surface area contributed by atoms with Gasteiger partial charge in [0.1, 0.15) is 0 Å². The molecule has 3 aromatic carbocycles. The molecule has 1 heterocycles. The van der Waals surface area contributed by atoms with Crippen LogP contribution in [0.4, 0.5) is 0 Å². The number of fused-ring (bicyclic) bond motifs is 1. The molecule has 0 amide bonds. The van der Waals surface area contributed by atoms with E-state index in [0.29, 0.717) is 23.1 Å². The van der Waals surface area contributed by atoms with Crippen LogP contribution in [0.1, 0.15) is 60.1 Å². The third-order valence-electron chi connectivity index (χ3n) is 7.74. The van der Waals surface area contributed by atoms with Gasteiger partial charge in [0.15, 0.2) is 0 Å². The minimum absolute atomic E-state index is 0. The number of aliphatic hydroxyl groups is 1. The molecule has 4 nitrogen and oxygen atoms in total. The maximum atomic E-state index is 11.7. The number of rotatable bonds is 13. The second kappa shape index (κ2) is 15.6. The summed E-state index contributed by atoms with van der Waals surface area (Å²) in [5.74, 6) is 1.11. The summed E-state index contributed by atoms with van der Waals surface area (Å²) in [7, 11) is 0. The number of hydrogen-bond donors (Lipinski definition) is 2. The van der Waals surface area contributed by atoms with Gasteiger partial charge in [-0.05, 0) is 90.8 Å². The molecule has 214 valence electrons. The zero-order valence-electron chi connectivity index (χ0n) is 23.2. The molecule has 0 bridgehead atoms. The van der Waals surface area contributed by atoms with Crippen molar-refractivity contribution >= 4 is 81.9 Å². The Morgan fingerprint density at radius 3 is 2.60 bits per heavy atom. The van der Waals surface area contributed by atoms with Crippen LogP contribution in [0, 0.1) is 11.8 Å². The van der Waals surface area contributed by atoms with Crippen molar-refractivity contribution in [2.75, 3.05) is 11.5 Å². The monoisotopic (exact) mass is 609 g/mol. The molecule has 3 unspecified atom stereocenters. The van der Waals surface area contributed by atoms with E-state index in [1.54, 1.807) is 11.8 Å². The van der Waals surface area contributed by atoms with Crippen molar-refractivity contribution in [1.29, 1.82) is 0 Å². The second-order valence-electron chi connectivity index (χ2n) is 11.0.